The number of hydrogen-bond acceptors (Lipinski definition) is 1. The average molecular weight is 254 g/mol. The molecule has 0 saturated heterocycles. The number of nitrogens with one attached hydrogen (secondary N) is 1. The van der Waals surface area contributed by atoms with Crippen LogP contribution in [0.25, 0.3) is 0 Å². The Morgan fingerprint density at radius 2 is 1.61 bits per heavy atom. The fourth-order valence-electron chi connectivity index (χ4n) is 2.20. The molecule has 2 heteroatoms. The highest BCUT2D eigenvalue weighted by Gasteiger charge is 2.05. The van der Waals surface area contributed by atoms with Gasteiger partial charge in [0, 0.05) is 12.5 Å². The highest BCUT2D eigenvalue weighted by atomic mass is 16.1. The summed E-state index contributed by atoms with van der Waals surface area (Å²) >= 11 is 0. The van der Waals surface area contributed by atoms with E-state index in [1.165, 1.54) is 38.5 Å². The Kier molecular flexibility index (Phi) is 12.5. The number of amides is 1. The molecule has 1 N–H and O–H groups in total. The molecule has 0 rings (SSSR count). The molecule has 0 spiro atoms. The van der Waals surface area contributed by atoms with E-state index in [-0.39, 0.29) is 5.91 Å². The summed E-state index contributed by atoms with van der Waals surface area (Å²) in [4.78, 5) is 11.6. The van der Waals surface area contributed by atoms with E-state index in [4.69, 9.17) is 0 Å². The number of hydrogen-bond donors (Lipinski definition) is 1. The summed E-state index contributed by atoms with van der Waals surface area (Å²) < 4.78 is 0. The van der Waals surface area contributed by atoms with Crippen molar-refractivity contribution in [3.8, 4) is 0 Å². The van der Waals surface area contributed by atoms with Crippen LogP contribution in [0.5, 0.6) is 0 Å². The van der Waals surface area contributed by atoms with Crippen molar-refractivity contribution >= 4 is 5.91 Å². The van der Waals surface area contributed by atoms with Crippen molar-refractivity contribution in [2.24, 2.45) is 0 Å². The maximum absolute atomic E-state index is 11.6. The average Bonchev–Trinajstić information content (AvgIpc) is 2.32. The third-order valence-electron chi connectivity index (χ3n) is 3.28. The molecule has 0 bridgehead atoms. The Labute approximate surface area is 114 Å². The quantitative estimate of drug-likeness (QED) is 0.505. The molecule has 0 aliphatic heterocycles. The zero-order chi connectivity index (χ0) is 13.6. The van der Waals surface area contributed by atoms with E-state index in [0.717, 1.165) is 25.7 Å². The summed E-state index contributed by atoms with van der Waals surface area (Å²) in [5.74, 6) is 0.230. The second-order valence-corrected chi connectivity index (χ2v) is 5.34. The molecule has 0 aromatic rings. The minimum Gasteiger partial charge on any atom is -0.354 e. The molecule has 107 valence electrons. The molecule has 0 aliphatic rings. The third kappa shape index (κ3) is 11.9. The smallest absolute Gasteiger partial charge is 0.220 e. The Morgan fingerprint density at radius 3 is 2.17 bits per heavy atom. The van der Waals surface area contributed by atoms with Crippen LogP contribution in [-0.4, -0.2) is 11.9 Å². The van der Waals surface area contributed by atoms with Crippen molar-refractivity contribution in [3.05, 3.63) is 6.92 Å². The first-order valence-electron chi connectivity index (χ1n) is 7.79. The lowest BCUT2D eigenvalue weighted by Gasteiger charge is -2.12. The van der Waals surface area contributed by atoms with E-state index >= 15 is 0 Å². The highest BCUT2D eigenvalue weighted by molar-refractivity contribution is 5.76. The normalized spacial score (nSPS) is 12.4. The van der Waals surface area contributed by atoms with Crippen molar-refractivity contribution in [3.63, 3.8) is 0 Å². The van der Waals surface area contributed by atoms with Crippen molar-refractivity contribution in [2.45, 2.75) is 90.5 Å². The van der Waals surface area contributed by atoms with Gasteiger partial charge in [-0.25, -0.2) is 0 Å². The van der Waals surface area contributed by atoms with Crippen molar-refractivity contribution in [1.29, 1.82) is 0 Å². The van der Waals surface area contributed by atoms with Crippen molar-refractivity contribution < 1.29 is 4.79 Å². The third-order valence-corrected chi connectivity index (χ3v) is 3.28. The fourth-order valence-corrected chi connectivity index (χ4v) is 2.20. The van der Waals surface area contributed by atoms with Crippen LogP contribution in [0.2, 0.25) is 0 Å². The molecule has 0 aliphatic carbocycles. The highest BCUT2D eigenvalue weighted by Crippen LogP contribution is 2.09. The first-order valence-corrected chi connectivity index (χ1v) is 7.79. The van der Waals surface area contributed by atoms with Crippen molar-refractivity contribution in [2.75, 3.05) is 0 Å². The van der Waals surface area contributed by atoms with E-state index < -0.39 is 0 Å². The van der Waals surface area contributed by atoms with Crippen molar-refractivity contribution in [1.82, 2.24) is 5.32 Å². The summed E-state index contributed by atoms with van der Waals surface area (Å²) in [5.41, 5.74) is 0. The van der Waals surface area contributed by atoms with Gasteiger partial charge in [-0.15, -0.1) is 0 Å². The number of carbonyl (C=O) groups excluding carboxylic acids is 1. The van der Waals surface area contributed by atoms with Gasteiger partial charge in [-0.05, 0) is 19.8 Å². The van der Waals surface area contributed by atoms with Gasteiger partial charge in [0.2, 0.25) is 5.91 Å². The molecule has 18 heavy (non-hydrogen) atoms. The Hall–Kier alpha value is -0.530. The summed E-state index contributed by atoms with van der Waals surface area (Å²) in [6.07, 6.45) is 12.7. The van der Waals surface area contributed by atoms with Crippen LogP contribution >= 0.6 is 0 Å². The van der Waals surface area contributed by atoms with Crippen LogP contribution in [0.3, 0.4) is 0 Å². The van der Waals surface area contributed by atoms with Gasteiger partial charge in [0.25, 0.3) is 0 Å². The lowest BCUT2D eigenvalue weighted by molar-refractivity contribution is -0.121. The molecule has 1 radical (unpaired) electrons. The maximum atomic E-state index is 11.6. The lowest BCUT2D eigenvalue weighted by Crippen LogP contribution is -2.32. The van der Waals surface area contributed by atoms with Crippen LogP contribution in [-0.2, 0) is 4.79 Å². The number of carbonyl (C=O) groups is 1. The van der Waals surface area contributed by atoms with Gasteiger partial charge in [0.05, 0.1) is 0 Å². The van der Waals surface area contributed by atoms with Crippen LogP contribution in [0.4, 0.5) is 0 Å². The zero-order valence-electron chi connectivity index (χ0n) is 12.5. The van der Waals surface area contributed by atoms with Gasteiger partial charge in [0.15, 0.2) is 0 Å². The zero-order valence-corrected chi connectivity index (χ0v) is 12.5. The molecular weight excluding hydrogens is 222 g/mol. The van der Waals surface area contributed by atoms with Gasteiger partial charge in [0.1, 0.15) is 0 Å². The standard InChI is InChI=1S/C16H32NO/c1-4-6-7-8-9-10-11-12-14-16(18)17-15(3)13-5-2/h15H,1,4-14H2,2-3H3,(H,17,18). The minimum atomic E-state index is 0.230. The lowest BCUT2D eigenvalue weighted by atomic mass is 10.1. The largest absolute Gasteiger partial charge is 0.354 e. The van der Waals surface area contributed by atoms with E-state index in [1.807, 2.05) is 0 Å². The van der Waals surface area contributed by atoms with E-state index in [0.29, 0.717) is 12.5 Å². The minimum absolute atomic E-state index is 0.230. The summed E-state index contributed by atoms with van der Waals surface area (Å²) in [6.45, 7) is 8.08. The van der Waals surface area contributed by atoms with E-state index in [1.54, 1.807) is 0 Å². The molecule has 0 aromatic heterocycles. The first kappa shape index (κ1) is 17.5. The van der Waals surface area contributed by atoms with Gasteiger partial charge >= 0.3 is 0 Å². The number of rotatable bonds is 12. The molecule has 0 fully saturated rings. The van der Waals surface area contributed by atoms with E-state index in [9.17, 15) is 4.79 Å². The summed E-state index contributed by atoms with van der Waals surface area (Å²) in [7, 11) is 0. The second kappa shape index (κ2) is 12.9. The Bertz CT molecular complexity index is 192. The summed E-state index contributed by atoms with van der Waals surface area (Å²) in [5, 5.41) is 3.05. The van der Waals surface area contributed by atoms with Crippen LogP contribution in [0.15, 0.2) is 0 Å². The fraction of sp³-hybridized carbons (Fsp3) is 0.875. The Balaban J connectivity index is 3.25. The van der Waals surface area contributed by atoms with Gasteiger partial charge < -0.3 is 5.32 Å². The van der Waals surface area contributed by atoms with Gasteiger partial charge in [-0.1, -0.05) is 65.2 Å². The van der Waals surface area contributed by atoms with Gasteiger partial charge in [-0.2, -0.15) is 0 Å². The van der Waals surface area contributed by atoms with Crippen LogP contribution in [0, 0.1) is 6.92 Å². The van der Waals surface area contributed by atoms with E-state index in [2.05, 4.69) is 26.1 Å². The molecule has 0 heterocycles. The number of unbranched alkanes of at least 4 members (excludes halogenated alkanes) is 7. The SMILES string of the molecule is [CH2]CCCCCCCCCC(=O)NC(C)CCC. The molecule has 1 unspecified atom stereocenters. The Morgan fingerprint density at radius 1 is 1.06 bits per heavy atom. The molecule has 0 aromatic carbocycles. The summed E-state index contributed by atoms with van der Waals surface area (Å²) in [6, 6.07) is 0.338. The first-order chi connectivity index (χ1) is 8.70. The molecule has 0 saturated carbocycles. The predicted octanol–water partition coefficient (Wildman–Crippen LogP) is 4.64. The molecular formula is C16H32NO. The molecule has 1 atom stereocenters. The van der Waals surface area contributed by atoms with Crippen LogP contribution in [0.1, 0.15) is 84.5 Å². The maximum Gasteiger partial charge on any atom is 0.220 e. The second-order valence-electron chi connectivity index (χ2n) is 5.34. The topological polar surface area (TPSA) is 29.1 Å². The monoisotopic (exact) mass is 254 g/mol. The van der Waals surface area contributed by atoms with Gasteiger partial charge in [-0.3, -0.25) is 4.79 Å². The predicted molar refractivity (Wildman–Crippen MR) is 79.4 cm³/mol. The molecule has 2 nitrogen and oxygen atoms in total. The van der Waals surface area contributed by atoms with Crippen LogP contribution < -0.4 is 5.32 Å². The molecule has 1 amide bonds.